The van der Waals surface area contributed by atoms with Crippen molar-refractivity contribution in [1.29, 1.82) is 0 Å². The number of rotatable bonds is 1. The largest absolute Gasteiger partial charge is 0.508 e. The molecule has 0 aliphatic heterocycles. The third-order valence-corrected chi connectivity index (χ3v) is 1.14. The molecule has 0 aliphatic carbocycles. The van der Waals surface area contributed by atoms with Crippen LogP contribution in [0.1, 0.15) is 5.56 Å². The second kappa shape index (κ2) is 7.89. The molecule has 0 atom stereocenters. The molecule has 0 aliphatic rings. The molecule has 0 heterocycles. The Balaban J connectivity index is 0. The van der Waals surface area contributed by atoms with Crippen molar-refractivity contribution >= 4 is 0 Å². The molecule has 12 heavy (non-hydrogen) atoms. The fourth-order valence-corrected chi connectivity index (χ4v) is 0.748. The van der Waals surface area contributed by atoms with E-state index >= 15 is 0 Å². The van der Waals surface area contributed by atoms with Gasteiger partial charge in [-0.3, -0.25) is 0 Å². The molecule has 1 aromatic carbocycles. The van der Waals surface area contributed by atoms with Gasteiger partial charge in [-0.15, -0.1) is 0 Å². The van der Waals surface area contributed by atoms with Gasteiger partial charge in [-0.2, -0.15) is 0 Å². The summed E-state index contributed by atoms with van der Waals surface area (Å²) in [6, 6.07) is 3.98. The van der Waals surface area contributed by atoms with Crippen LogP contribution in [0, 0.1) is 83.5 Å². The number of hydrogen-bond acceptors (Lipinski definition) is 3. The topological polar surface area (TPSA) is 60.7 Å². The Hall–Kier alpha value is 1.53. The van der Waals surface area contributed by atoms with Crippen LogP contribution in [0.15, 0.2) is 18.2 Å². The van der Waals surface area contributed by atoms with Crippen LogP contribution in [0.25, 0.3) is 0 Å². The number of phenols is 2. The summed E-state index contributed by atoms with van der Waals surface area (Å²) in [4.78, 5) is 0. The molecule has 0 radical (unpaired) electrons. The molecule has 0 aromatic heterocycles. The van der Waals surface area contributed by atoms with Gasteiger partial charge in [-0.25, -0.2) is 0 Å². The van der Waals surface area contributed by atoms with E-state index < -0.39 is 0 Å². The summed E-state index contributed by atoms with van der Waals surface area (Å²) >= 11 is 0. The van der Waals surface area contributed by atoms with E-state index in [4.69, 9.17) is 15.3 Å². The molecule has 0 spiro atoms. The minimum Gasteiger partial charge on any atom is -0.508 e. The number of phenolic OH excluding ortho intramolecular Hbond substituents is 2. The molecule has 0 fully saturated rings. The molecule has 62 valence electrons. The van der Waals surface area contributed by atoms with Crippen molar-refractivity contribution < 1.29 is 98.8 Å². The minimum absolute atomic E-state index is 0. The predicted molar refractivity (Wildman–Crippen MR) is 35.7 cm³/mol. The van der Waals surface area contributed by atoms with Crippen LogP contribution in [0.5, 0.6) is 11.5 Å². The molecule has 5 heteroatoms. The average molecular weight is 420 g/mol. The maximum atomic E-state index is 8.85. The molecule has 1 rings (SSSR count). The van der Waals surface area contributed by atoms with Crippen molar-refractivity contribution in [1.82, 2.24) is 0 Å². The summed E-state index contributed by atoms with van der Waals surface area (Å²) in [6.45, 7) is -0.179. The Labute approximate surface area is 138 Å². The molecule has 1 aromatic rings. The maximum Gasteiger partial charge on any atom is 0.119 e. The van der Waals surface area contributed by atoms with Gasteiger partial charge in [0.25, 0.3) is 0 Å². The summed E-state index contributed by atoms with van der Waals surface area (Å²) in [6.07, 6.45) is 0. The SMILES string of the molecule is OCc1cc(O)cc(O)c1.[Ce].[Ce]. The normalized spacial score (nSPS) is 8.08. The van der Waals surface area contributed by atoms with Gasteiger partial charge < -0.3 is 15.3 Å². The molecule has 0 saturated heterocycles. The first-order chi connectivity index (χ1) is 4.72. The summed E-state index contributed by atoms with van der Waals surface area (Å²) in [5, 5.41) is 26.3. The van der Waals surface area contributed by atoms with E-state index in [1.54, 1.807) is 0 Å². The summed E-state index contributed by atoms with van der Waals surface area (Å²) in [5.74, 6) is -0.0758. The molecule has 0 amide bonds. The molecule has 3 N–H and O–H groups in total. The van der Waals surface area contributed by atoms with Crippen LogP contribution in [-0.2, 0) is 6.61 Å². The minimum atomic E-state index is -0.179. The van der Waals surface area contributed by atoms with Gasteiger partial charge in [-0.05, 0) is 17.7 Å². The number of aliphatic hydroxyl groups is 1. The maximum absolute atomic E-state index is 8.85. The Bertz CT molecular complexity index is 220. The van der Waals surface area contributed by atoms with Crippen LogP contribution in [0.2, 0.25) is 0 Å². The number of benzene rings is 1. The zero-order valence-corrected chi connectivity index (χ0v) is 12.6. The monoisotopic (exact) mass is 420 g/mol. The molecule has 0 saturated carbocycles. The van der Waals surface area contributed by atoms with Crippen molar-refractivity contribution in [3.63, 3.8) is 0 Å². The number of aromatic hydroxyl groups is 2. The summed E-state index contributed by atoms with van der Waals surface area (Å²) < 4.78 is 0. The Morgan fingerprint density at radius 3 is 1.67 bits per heavy atom. The van der Waals surface area contributed by atoms with Crippen LogP contribution in [0.4, 0.5) is 0 Å². The number of aliphatic hydroxyl groups excluding tert-OH is 1. The van der Waals surface area contributed by atoms with Gasteiger partial charge in [0.15, 0.2) is 0 Å². The van der Waals surface area contributed by atoms with Crippen LogP contribution in [-0.4, -0.2) is 15.3 Å². The van der Waals surface area contributed by atoms with Crippen LogP contribution in [0.3, 0.4) is 0 Å². The summed E-state index contributed by atoms with van der Waals surface area (Å²) in [7, 11) is 0. The van der Waals surface area contributed by atoms with Crippen molar-refractivity contribution in [2.24, 2.45) is 0 Å². The van der Waals surface area contributed by atoms with Gasteiger partial charge in [0.1, 0.15) is 11.5 Å². The van der Waals surface area contributed by atoms with Crippen molar-refractivity contribution in [3.8, 4) is 11.5 Å². The molecule has 3 nitrogen and oxygen atoms in total. The predicted octanol–water partition coefficient (Wildman–Crippen LogP) is 0.590. The van der Waals surface area contributed by atoms with Crippen molar-refractivity contribution in [2.45, 2.75) is 6.61 Å². The smallest absolute Gasteiger partial charge is 0.119 e. The number of hydrogen-bond donors (Lipinski definition) is 3. The van der Waals surface area contributed by atoms with Gasteiger partial charge in [0, 0.05) is 89.6 Å². The van der Waals surface area contributed by atoms with E-state index in [1.165, 1.54) is 18.2 Å². The average Bonchev–Trinajstić information content (AvgIpc) is 1.85. The zero-order valence-electron chi connectivity index (χ0n) is 6.28. The first-order valence-corrected chi connectivity index (χ1v) is 2.85. The van der Waals surface area contributed by atoms with Gasteiger partial charge in [-0.1, -0.05) is 0 Å². The van der Waals surface area contributed by atoms with Gasteiger partial charge >= 0.3 is 0 Å². The second-order valence-electron chi connectivity index (χ2n) is 2.02. The first kappa shape index (κ1) is 16.0. The van der Waals surface area contributed by atoms with Crippen LogP contribution >= 0.6 is 0 Å². The second-order valence-corrected chi connectivity index (χ2v) is 2.02. The zero-order chi connectivity index (χ0) is 7.56. The third kappa shape index (κ3) is 5.30. The van der Waals surface area contributed by atoms with E-state index in [1.807, 2.05) is 0 Å². The third-order valence-electron chi connectivity index (χ3n) is 1.14. The van der Waals surface area contributed by atoms with Crippen molar-refractivity contribution in [2.75, 3.05) is 0 Å². The van der Waals surface area contributed by atoms with E-state index in [9.17, 15) is 0 Å². The fraction of sp³-hybridized carbons (Fsp3) is 0.143. The Morgan fingerprint density at radius 1 is 0.917 bits per heavy atom. The summed E-state index contributed by atoms with van der Waals surface area (Å²) in [5.41, 5.74) is 0.498. The first-order valence-electron chi connectivity index (χ1n) is 2.85. The Morgan fingerprint density at radius 2 is 1.33 bits per heavy atom. The van der Waals surface area contributed by atoms with Gasteiger partial charge in [0.05, 0.1) is 6.61 Å². The van der Waals surface area contributed by atoms with E-state index in [2.05, 4.69) is 0 Å². The fourth-order valence-electron chi connectivity index (χ4n) is 0.748. The van der Waals surface area contributed by atoms with Crippen molar-refractivity contribution in [3.05, 3.63) is 23.8 Å². The molecular formula is C7H8Ce2O3. The van der Waals surface area contributed by atoms with E-state index in [-0.39, 0.29) is 102 Å². The van der Waals surface area contributed by atoms with E-state index in [0.29, 0.717) is 5.56 Å². The van der Waals surface area contributed by atoms with E-state index in [0.717, 1.165) is 0 Å². The quantitative estimate of drug-likeness (QED) is 0.624. The van der Waals surface area contributed by atoms with Gasteiger partial charge in [0.2, 0.25) is 0 Å². The van der Waals surface area contributed by atoms with Crippen LogP contribution < -0.4 is 0 Å². The molecule has 0 unspecified atom stereocenters. The standard InChI is InChI=1S/C7H8O3.2Ce/c8-4-5-1-6(9)3-7(10)2-5;;/h1-3,8-10H,4H2;;. The molecular weight excluding hydrogens is 412 g/mol. The Kier molecular flexibility index (Phi) is 10.5. The molecule has 0 bridgehead atoms.